The summed E-state index contributed by atoms with van der Waals surface area (Å²) >= 11 is 9.53. The summed E-state index contributed by atoms with van der Waals surface area (Å²) in [4.78, 5) is 70.0. The number of nitrogens with two attached hydrogens (primary N) is 1. The molecule has 0 spiro atoms. The number of rotatable bonds is 19. The van der Waals surface area contributed by atoms with Crippen molar-refractivity contribution < 1.29 is 38.2 Å². The Hall–Kier alpha value is -6.21. The van der Waals surface area contributed by atoms with Crippen molar-refractivity contribution in [1.82, 2.24) is 15.3 Å². The van der Waals surface area contributed by atoms with Gasteiger partial charge in [0.15, 0.2) is 0 Å². The van der Waals surface area contributed by atoms with Gasteiger partial charge in [-0.15, -0.1) is 23.2 Å². The third kappa shape index (κ3) is 18.5. The zero-order valence-electron chi connectivity index (χ0n) is 39.5. The second kappa shape index (κ2) is 28.2. The summed E-state index contributed by atoms with van der Waals surface area (Å²) in [7, 11) is 0. The van der Waals surface area contributed by atoms with Crippen LogP contribution in [0.5, 0.6) is 0 Å². The minimum atomic E-state index is -0.638. The van der Waals surface area contributed by atoms with Crippen LogP contribution in [0.4, 0.5) is 4.79 Å². The van der Waals surface area contributed by atoms with Crippen molar-refractivity contribution in [3.63, 3.8) is 0 Å². The van der Waals surface area contributed by atoms with Gasteiger partial charge in [0.2, 0.25) is 0 Å². The topological polar surface area (TPSA) is 177 Å². The molecule has 2 heterocycles. The van der Waals surface area contributed by atoms with Gasteiger partial charge >= 0.3 is 18.0 Å². The molecule has 3 N–H and O–H groups in total. The van der Waals surface area contributed by atoms with Crippen LogP contribution in [0.3, 0.4) is 0 Å². The highest BCUT2D eigenvalue weighted by molar-refractivity contribution is 6.40. The van der Waals surface area contributed by atoms with E-state index in [-0.39, 0.29) is 67.5 Å². The van der Waals surface area contributed by atoms with Gasteiger partial charge in [0.25, 0.3) is 0 Å². The van der Waals surface area contributed by atoms with E-state index < -0.39 is 17.6 Å². The van der Waals surface area contributed by atoms with Crippen LogP contribution in [0.2, 0.25) is 0 Å². The smallest absolute Gasteiger partial charge is 0.407 e. The van der Waals surface area contributed by atoms with E-state index in [9.17, 15) is 24.0 Å². The number of pyridine rings is 2. The van der Waals surface area contributed by atoms with Crippen LogP contribution in [-0.4, -0.2) is 63.6 Å². The number of alkyl carbamates (subject to hydrolysis) is 1. The number of halogens is 2. The number of nitrogens with one attached hydrogen (secondary N) is 1. The Kier molecular flexibility index (Phi) is 22.6. The molecule has 4 aromatic carbocycles. The van der Waals surface area contributed by atoms with E-state index in [4.69, 9.17) is 43.1 Å². The van der Waals surface area contributed by atoms with Gasteiger partial charge in [-0.25, -0.2) is 4.79 Å². The van der Waals surface area contributed by atoms with Crippen LogP contribution in [0, 0.1) is 0 Å². The molecule has 2 aromatic heterocycles. The van der Waals surface area contributed by atoms with Crippen molar-refractivity contribution in [1.29, 1.82) is 0 Å². The number of aromatic nitrogens is 2. The van der Waals surface area contributed by atoms with Crippen molar-refractivity contribution in [3.8, 4) is 0 Å². The summed E-state index contributed by atoms with van der Waals surface area (Å²) in [6, 6.07) is 30.6. The van der Waals surface area contributed by atoms with Crippen molar-refractivity contribution in [2.24, 2.45) is 5.73 Å². The maximum atomic E-state index is 13.4. The number of ketones is 2. The molecule has 2 atom stereocenters. The van der Waals surface area contributed by atoms with Crippen molar-refractivity contribution in [3.05, 3.63) is 155 Å². The number of carbonyl (C=O) groups is 5. The average molecular weight is 966 g/mol. The summed E-state index contributed by atoms with van der Waals surface area (Å²) < 4.78 is 15.8. The lowest BCUT2D eigenvalue weighted by molar-refractivity contribution is -0.145. The maximum absolute atomic E-state index is 13.4. The number of ether oxygens (including phenoxy) is 3. The van der Waals surface area contributed by atoms with E-state index in [1.54, 1.807) is 39.4 Å². The molecule has 6 aromatic rings. The number of esters is 2. The lowest BCUT2D eigenvalue weighted by Gasteiger charge is -2.22. The van der Waals surface area contributed by atoms with Gasteiger partial charge < -0.3 is 25.3 Å². The lowest BCUT2D eigenvalue weighted by atomic mass is 9.90. The first-order valence-electron chi connectivity index (χ1n) is 22.6. The molecule has 0 saturated carbocycles. The molecule has 68 heavy (non-hydrogen) atoms. The number of hydrogen-bond donors (Lipinski definition) is 2. The van der Waals surface area contributed by atoms with Gasteiger partial charge in [-0.1, -0.05) is 98.8 Å². The molecule has 6 rings (SSSR count). The highest BCUT2D eigenvalue weighted by Crippen LogP contribution is 2.24. The summed E-state index contributed by atoms with van der Waals surface area (Å²) in [5.74, 6) is -1.30. The molecule has 12 nitrogen and oxygen atoms in total. The van der Waals surface area contributed by atoms with E-state index in [1.165, 1.54) is 0 Å². The Morgan fingerprint density at radius 2 is 1.01 bits per heavy atom. The molecule has 0 saturated heterocycles. The van der Waals surface area contributed by atoms with Crippen LogP contribution in [0.25, 0.3) is 21.5 Å². The molecule has 0 radical (unpaired) electrons. The molecule has 0 fully saturated rings. The van der Waals surface area contributed by atoms with Gasteiger partial charge in [0, 0.05) is 74.3 Å². The molecule has 360 valence electrons. The lowest BCUT2D eigenvalue weighted by Crippen LogP contribution is -2.36. The van der Waals surface area contributed by atoms with E-state index in [0.29, 0.717) is 19.3 Å². The highest BCUT2D eigenvalue weighted by atomic mass is 35.5. The molecule has 0 bridgehead atoms. The molecular formula is C54H62Cl2N4O8. The van der Waals surface area contributed by atoms with Crippen LogP contribution in [-0.2, 0) is 59.4 Å². The Bertz CT molecular complexity index is 2560. The molecule has 14 heteroatoms. The van der Waals surface area contributed by atoms with Crippen LogP contribution in [0.15, 0.2) is 122 Å². The first kappa shape index (κ1) is 54.4. The summed E-state index contributed by atoms with van der Waals surface area (Å²) in [6.07, 6.45) is 9.36. The average Bonchev–Trinajstić information content (AvgIpc) is 3.31. The molecule has 0 aliphatic carbocycles. The molecule has 0 aliphatic heterocycles. The second-order valence-corrected chi connectivity index (χ2v) is 17.8. The number of fused-ring (bicyclic) bond motifs is 2. The zero-order valence-corrected chi connectivity index (χ0v) is 41.0. The summed E-state index contributed by atoms with van der Waals surface area (Å²) in [5, 5.41) is 7.08. The Balaban J connectivity index is 0.000000286. The number of alkyl halides is 2. The summed E-state index contributed by atoms with van der Waals surface area (Å²) in [6.45, 7) is 10.0. The van der Waals surface area contributed by atoms with Crippen LogP contribution >= 0.6 is 23.2 Å². The third-order valence-electron chi connectivity index (χ3n) is 10.5. The quantitative estimate of drug-likeness (QED) is 0.0449. The van der Waals surface area contributed by atoms with Crippen LogP contribution < -0.4 is 11.1 Å². The van der Waals surface area contributed by atoms with E-state index in [0.717, 1.165) is 67.8 Å². The SMILES string of the molecule is CCCC(=O)OCc1ccc(C(CN)C(=O)Cc2ccc3cnccc3c2)cc1.CCCC(=O)OCc1ccc(C(CNC(=O)OC(C)(C)C)C(=O)Cc2ccc3cnccc3c2)cc1.ClCCl. The molecule has 0 aliphatic rings. The van der Waals surface area contributed by atoms with Crippen molar-refractivity contribution in [2.45, 2.75) is 104 Å². The number of hydrogen-bond acceptors (Lipinski definition) is 11. The number of nitrogens with zero attached hydrogens (tertiary/aromatic N) is 2. The van der Waals surface area contributed by atoms with E-state index in [1.807, 2.05) is 117 Å². The Labute approximate surface area is 409 Å². The zero-order chi connectivity index (χ0) is 49.5. The first-order valence-corrected chi connectivity index (χ1v) is 23.7. The third-order valence-corrected chi connectivity index (χ3v) is 10.5. The van der Waals surface area contributed by atoms with Crippen LogP contribution in [0.1, 0.15) is 106 Å². The highest BCUT2D eigenvalue weighted by Gasteiger charge is 2.24. The summed E-state index contributed by atoms with van der Waals surface area (Å²) in [5.41, 5.74) is 10.5. The minimum absolute atomic E-state index is 0.0263. The first-order chi connectivity index (χ1) is 32.7. The predicted octanol–water partition coefficient (Wildman–Crippen LogP) is 10.9. The molecule has 1 amide bonds. The normalized spacial score (nSPS) is 11.8. The van der Waals surface area contributed by atoms with Gasteiger partial charge in [0.05, 0.1) is 17.2 Å². The Morgan fingerprint density at radius 3 is 1.43 bits per heavy atom. The fourth-order valence-corrected chi connectivity index (χ4v) is 7.08. The number of amides is 1. The van der Waals surface area contributed by atoms with Gasteiger partial charge in [-0.05, 0) is 89.9 Å². The fraction of sp³-hybridized carbons (Fsp3) is 0.352. The van der Waals surface area contributed by atoms with E-state index >= 15 is 0 Å². The monoisotopic (exact) mass is 964 g/mol. The maximum Gasteiger partial charge on any atom is 0.407 e. The van der Waals surface area contributed by atoms with E-state index in [2.05, 4.69) is 15.3 Å². The number of Topliss-reactive ketones (excluding diaryl/α,β-unsaturated/α-hetero) is 2. The standard InChI is InChI=1S/C29H34N2O5.C24H26N2O3.CH2Cl2/c1-5-6-27(33)35-19-20-7-10-22(11-8-20)25(18-31-28(34)36-29(2,3)4)26(32)16-21-9-12-24-17-30-14-13-23(24)15-21;1-2-3-24(28)29-16-17-4-7-19(8-5-17)22(14-25)23(27)13-18-6-9-21-15-26-11-10-20(21)12-18;2-1-3/h7-15,17,25H,5-6,16,18-19H2,1-4H3,(H,31,34);4-12,15,22H,2-3,13-14,16,25H2,1H3;1H2. The van der Waals surface area contributed by atoms with Crippen molar-refractivity contribution >= 4 is 74.3 Å². The molecular weight excluding hydrogens is 904 g/mol. The second-order valence-electron chi connectivity index (χ2n) is 17.0. The predicted molar refractivity (Wildman–Crippen MR) is 269 cm³/mol. The van der Waals surface area contributed by atoms with Gasteiger partial charge in [-0.3, -0.25) is 29.1 Å². The molecule has 2 unspecified atom stereocenters. The van der Waals surface area contributed by atoms with Gasteiger partial charge in [-0.2, -0.15) is 0 Å². The number of benzene rings is 4. The Morgan fingerprint density at radius 1 is 0.603 bits per heavy atom. The van der Waals surface area contributed by atoms with Crippen molar-refractivity contribution in [2.75, 3.05) is 18.4 Å². The minimum Gasteiger partial charge on any atom is -0.461 e. The number of carbonyl (C=O) groups excluding carboxylic acids is 5. The fourth-order valence-electron chi connectivity index (χ4n) is 7.08. The van der Waals surface area contributed by atoms with Gasteiger partial charge in [0.1, 0.15) is 30.4 Å². The largest absolute Gasteiger partial charge is 0.461 e.